The monoisotopic (exact) mass is 426 g/mol. The number of hydrogen-bond acceptors (Lipinski definition) is 8. The molecule has 8 nitrogen and oxygen atoms in total. The molecule has 0 N–H and O–H groups in total. The fourth-order valence-corrected chi connectivity index (χ4v) is 2.31. The summed E-state index contributed by atoms with van der Waals surface area (Å²) in [6, 6.07) is 11.2. The lowest BCUT2D eigenvalue weighted by Gasteiger charge is -2.11. The Hall–Kier alpha value is -4.07. The van der Waals surface area contributed by atoms with Gasteiger partial charge in [0.1, 0.15) is 19.0 Å². The minimum atomic E-state index is -0.581. The molecule has 0 amide bonds. The van der Waals surface area contributed by atoms with Crippen LogP contribution in [0, 0.1) is 0 Å². The highest BCUT2D eigenvalue weighted by Crippen LogP contribution is 2.29. The fraction of sp³-hybridized carbons (Fsp3) is 0.174. The number of hydrogen-bond donors (Lipinski definition) is 0. The van der Waals surface area contributed by atoms with E-state index in [0.29, 0.717) is 22.6 Å². The number of carbonyl (C=O) groups is 3. The maximum Gasteiger partial charge on any atom is 0.343 e. The molecule has 0 bridgehead atoms. The van der Waals surface area contributed by atoms with Crippen LogP contribution in [0.1, 0.15) is 15.9 Å². The van der Waals surface area contributed by atoms with E-state index < -0.39 is 17.9 Å². The lowest BCUT2D eigenvalue weighted by Crippen LogP contribution is -2.11. The van der Waals surface area contributed by atoms with Crippen molar-refractivity contribution < 1.29 is 38.1 Å². The molecule has 31 heavy (non-hydrogen) atoms. The van der Waals surface area contributed by atoms with E-state index in [0.717, 1.165) is 6.08 Å². The molecule has 0 fully saturated rings. The van der Waals surface area contributed by atoms with Crippen molar-refractivity contribution in [3.8, 4) is 17.2 Å². The maximum atomic E-state index is 12.4. The van der Waals surface area contributed by atoms with Gasteiger partial charge in [0.2, 0.25) is 0 Å². The molecule has 2 aromatic carbocycles. The van der Waals surface area contributed by atoms with Gasteiger partial charge in [0.05, 0.1) is 19.8 Å². The summed E-state index contributed by atoms with van der Waals surface area (Å²) in [6.45, 7) is 3.55. The fourth-order valence-electron chi connectivity index (χ4n) is 2.31. The summed E-state index contributed by atoms with van der Waals surface area (Å²) in [5.41, 5.74) is 0.976. The standard InChI is InChI=1S/C23H22O8/c1-4-21(24)30-14-13-29-18-9-7-17(8-10-18)23(26)31-19-11-5-16(15-20(19)27-2)6-12-22(25)28-3/h4-12,15H,1,13-14H2,2-3H3/b12-6+. The molecular formula is C23H22O8. The van der Waals surface area contributed by atoms with Gasteiger partial charge in [0, 0.05) is 12.2 Å². The SMILES string of the molecule is C=CC(=O)OCCOc1ccc(C(=O)Oc2ccc(/C=C/C(=O)OC)cc2OC)cc1. The number of esters is 3. The Balaban J connectivity index is 1.97. The molecule has 0 spiro atoms. The number of ether oxygens (including phenoxy) is 5. The first-order valence-electron chi connectivity index (χ1n) is 9.15. The second kappa shape index (κ2) is 11.8. The second-order valence-electron chi connectivity index (χ2n) is 5.90. The largest absolute Gasteiger partial charge is 0.493 e. The van der Waals surface area contributed by atoms with Gasteiger partial charge >= 0.3 is 17.9 Å². The van der Waals surface area contributed by atoms with Crippen molar-refractivity contribution in [3.05, 3.63) is 72.3 Å². The summed E-state index contributed by atoms with van der Waals surface area (Å²) in [5, 5.41) is 0. The second-order valence-corrected chi connectivity index (χ2v) is 5.90. The summed E-state index contributed by atoms with van der Waals surface area (Å²) in [5.74, 6) is -0.529. The van der Waals surface area contributed by atoms with Crippen molar-refractivity contribution in [3.63, 3.8) is 0 Å². The lowest BCUT2D eigenvalue weighted by molar-refractivity contribution is -0.138. The first-order chi connectivity index (χ1) is 15.0. The molecule has 0 radical (unpaired) electrons. The van der Waals surface area contributed by atoms with Gasteiger partial charge in [-0.2, -0.15) is 0 Å². The molecule has 0 heterocycles. The molecule has 2 aromatic rings. The molecule has 2 rings (SSSR count). The van der Waals surface area contributed by atoms with Crippen LogP contribution in [0.2, 0.25) is 0 Å². The van der Waals surface area contributed by atoms with E-state index in [9.17, 15) is 14.4 Å². The number of benzene rings is 2. The minimum Gasteiger partial charge on any atom is -0.493 e. The van der Waals surface area contributed by atoms with Gasteiger partial charge in [-0.05, 0) is 48.0 Å². The summed E-state index contributed by atoms with van der Waals surface area (Å²) >= 11 is 0. The molecule has 0 atom stereocenters. The lowest BCUT2D eigenvalue weighted by atomic mass is 10.2. The van der Waals surface area contributed by atoms with Crippen molar-refractivity contribution in [1.29, 1.82) is 0 Å². The predicted molar refractivity (Wildman–Crippen MR) is 112 cm³/mol. The molecule has 0 saturated heterocycles. The summed E-state index contributed by atoms with van der Waals surface area (Å²) in [6.07, 6.45) is 3.90. The Labute approximate surface area is 179 Å². The van der Waals surface area contributed by atoms with Gasteiger partial charge in [-0.25, -0.2) is 14.4 Å². The van der Waals surface area contributed by atoms with Gasteiger partial charge in [-0.3, -0.25) is 0 Å². The molecule has 0 aromatic heterocycles. The van der Waals surface area contributed by atoms with Crippen LogP contribution >= 0.6 is 0 Å². The van der Waals surface area contributed by atoms with Crippen molar-refractivity contribution >= 4 is 24.0 Å². The summed E-state index contributed by atoms with van der Waals surface area (Å²) < 4.78 is 25.5. The highest BCUT2D eigenvalue weighted by atomic mass is 16.6. The highest BCUT2D eigenvalue weighted by Gasteiger charge is 2.13. The zero-order valence-electron chi connectivity index (χ0n) is 17.2. The van der Waals surface area contributed by atoms with Gasteiger partial charge in [0.25, 0.3) is 0 Å². The number of carbonyl (C=O) groups excluding carboxylic acids is 3. The van der Waals surface area contributed by atoms with E-state index >= 15 is 0 Å². The van der Waals surface area contributed by atoms with Crippen LogP contribution in [-0.2, 0) is 19.1 Å². The van der Waals surface area contributed by atoms with Crippen LogP contribution in [0.15, 0.2) is 61.2 Å². The van der Waals surface area contributed by atoms with Crippen molar-refractivity contribution in [1.82, 2.24) is 0 Å². The average molecular weight is 426 g/mol. The van der Waals surface area contributed by atoms with Crippen LogP contribution in [-0.4, -0.2) is 45.3 Å². The number of rotatable bonds is 10. The Bertz CT molecular complexity index is 960. The Morgan fingerprint density at radius 1 is 0.935 bits per heavy atom. The smallest absolute Gasteiger partial charge is 0.343 e. The van der Waals surface area contributed by atoms with E-state index in [2.05, 4.69) is 11.3 Å². The van der Waals surface area contributed by atoms with Crippen LogP contribution in [0.3, 0.4) is 0 Å². The molecule has 0 aliphatic carbocycles. The van der Waals surface area contributed by atoms with E-state index in [1.54, 1.807) is 48.5 Å². The average Bonchev–Trinajstić information content (AvgIpc) is 2.80. The molecule has 162 valence electrons. The third-order valence-electron chi connectivity index (χ3n) is 3.86. The molecule has 0 saturated carbocycles. The van der Waals surface area contributed by atoms with Crippen molar-refractivity contribution in [2.75, 3.05) is 27.4 Å². The Morgan fingerprint density at radius 3 is 2.32 bits per heavy atom. The zero-order chi connectivity index (χ0) is 22.6. The first-order valence-corrected chi connectivity index (χ1v) is 9.15. The number of methoxy groups -OCH3 is 2. The molecule has 8 heteroatoms. The maximum absolute atomic E-state index is 12.4. The predicted octanol–water partition coefficient (Wildman–Crippen LogP) is 3.21. The molecule has 0 aliphatic heterocycles. The highest BCUT2D eigenvalue weighted by molar-refractivity contribution is 5.91. The van der Waals surface area contributed by atoms with E-state index in [1.807, 2.05) is 0 Å². The van der Waals surface area contributed by atoms with Gasteiger partial charge in [-0.1, -0.05) is 12.6 Å². The van der Waals surface area contributed by atoms with Crippen LogP contribution < -0.4 is 14.2 Å². The normalized spacial score (nSPS) is 10.3. The first kappa shape index (κ1) is 23.2. The third kappa shape index (κ3) is 7.36. The quantitative estimate of drug-likeness (QED) is 0.247. The van der Waals surface area contributed by atoms with Gasteiger partial charge < -0.3 is 23.7 Å². The molecular weight excluding hydrogens is 404 g/mol. The topological polar surface area (TPSA) is 97.4 Å². The van der Waals surface area contributed by atoms with Crippen LogP contribution in [0.5, 0.6) is 17.2 Å². The van der Waals surface area contributed by atoms with Gasteiger partial charge in [-0.15, -0.1) is 0 Å². The zero-order valence-corrected chi connectivity index (χ0v) is 17.2. The summed E-state index contributed by atoms with van der Waals surface area (Å²) in [7, 11) is 2.73. The molecule has 0 unspecified atom stereocenters. The minimum absolute atomic E-state index is 0.0826. The van der Waals surface area contributed by atoms with E-state index in [1.165, 1.54) is 20.3 Å². The third-order valence-corrected chi connectivity index (χ3v) is 3.86. The van der Waals surface area contributed by atoms with Gasteiger partial charge in [0.15, 0.2) is 11.5 Å². The van der Waals surface area contributed by atoms with Crippen LogP contribution in [0.25, 0.3) is 6.08 Å². The van der Waals surface area contributed by atoms with Crippen molar-refractivity contribution in [2.24, 2.45) is 0 Å². The van der Waals surface area contributed by atoms with E-state index in [4.69, 9.17) is 18.9 Å². The van der Waals surface area contributed by atoms with Crippen LogP contribution in [0.4, 0.5) is 0 Å². The van der Waals surface area contributed by atoms with E-state index in [-0.39, 0.29) is 19.0 Å². The molecule has 0 aliphatic rings. The Morgan fingerprint density at radius 2 is 1.68 bits per heavy atom. The Kier molecular flexibility index (Phi) is 8.85. The van der Waals surface area contributed by atoms with Crippen molar-refractivity contribution in [2.45, 2.75) is 0 Å². The summed E-state index contributed by atoms with van der Waals surface area (Å²) in [4.78, 5) is 34.6.